The summed E-state index contributed by atoms with van der Waals surface area (Å²) in [6, 6.07) is 9.10. The Morgan fingerprint density at radius 1 is 0.759 bits per heavy atom. The normalized spacial score (nSPS) is 74.6. The first-order chi connectivity index (χ1) is 14.0. The number of unbranched alkanes of at least 4 members (excludes halogenated alkanes) is 7. The molecular weight excluding hydrogens is 396 g/mol. The number of aryl methyl sites for hydroxylation is 1. The van der Waals surface area contributed by atoms with Crippen LogP contribution in [0.25, 0.3) is 0 Å². The molecule has 10 aliphatic heterocycles. The zero-order valence-electron chi connectivity index (χ0n) is 17.6. The second-order valence-electron chi connectivity index (χ2n) is 14.9. The van der Waals surface area contributed by atoms with Gasteiger partial charge in [0.15, 0.2) is 0 Å². The maximum absolute atomic E-state index is 14.0. The third kappa shape index (κ3) is 0.301. The molecule has 0 radical (unpaired) electrons. The molecule has 156 valence electrons. The molecule has 0 aliphatic carbocycles. The van der Waals surface area contributed by atoms with E-state index in [1.54, 1.807) is 0 Å². The van der Waals surface area contributed by atoms with Gasteiger partial charge in [-0.1, -0.05) is 26.2 Å². The van der Waals surface area contributed by atoms with Crippen LogP contribution >= 0.6 is 0 Å². The Bertz CT molecular complexity index is 1310. The van der Waals surface area contributed by atoms with Gasteiger partial charge in [0.25, 0.3) is 0 Å². The molecule has 0 aromatic heterocycles. The molecule has 2 heteroatoms. The van der Waals surface area contributed by atoms with Crippen LogP contribution in [0.1, 0.15) is 74.2 Å². The standard InChI is InChI=1S/C22H29O.C5H5.Fe/c1-2-3-4-5-6-7-8-9-12-19-15-17-21(18-16-19)22(23)20-13-10-11-14-20;1-2-4-5-3-1;/h10-11,13-18H,2-9,12H2,1H3;1-5H;. The van der Waals surface area contributed by atoms with E-state index < -0.39 is 6.51 Å². The van der Waals surface area contributed by atoms with Crippen molar-refractivity contribution in [2.45, 2.75) is 112 Å². The summed E-state index contributed by atoms with van der Waals surface area (Å²) in [7, 11) is 0. The molecule has 1 aromatic rings. The van der Waals surface area contributed by atoms with Gasteiger partial charge >= 0.3 is 139 Å². The summed E-state index contributed by atoms with van der Waals surface area (Å²) in [5, 5.41) is 0. The van der Waals surface area contributed by atoms with Crippen molar-refractivity contribution in [3.8, 4) is 0 Å². The van der Waals surface area contributed by atoms with Crippen LogP contribution in [-0.4, -0.2) is 5.78 Å². The van der Waals surface area contributed by atoms with E-state index in [0.29, 0.717) is 10.1 Å². The van der Waals surface area contributed by atoms with E-state index >= 15 is 0 Å². The molecular formula is C27H34FeO. The summed E-state index contributed by atoms with van der Waals surface area (Å²) in [5.74, 6) is 0.711. The molecule has 4 unspecified atom stereocenters. The van der Waals surface area contributed by atoms with Crippen LogP contribution in [0.15, 0.2) is 24.3 Å². The fourth-order valence-corrected chi connectivity index (χ4v) is 93.1. The van der Waals surface area contributed by atoms with Crippen LogP contribution in [0.4, 0.5) is 0 Å². The van der Waals surface area contributed by atoms with E-state index in [0.717, 1.165) is 15.2 Å². The number of benzene rings is 1. The monoisotopic (exact) mass is 430 g/mol. The van der Waals surface area contributed by atoms with Crippen molar-refractivity contribution in [1.82, 2.24) is 0 Å². The molecule has 11 rings (SSSR count). The molecule has 1 aromatic carbocycles. The number of Topliss-reactive ketones (excluding diaryl/α,β-unsaturated/α-hetero) is 1. The number of hydrogen-bond donors (Lipinski definition) is 0. The van der Waals surface area contributed by atoms with Gasteiger partial charge in [-0.25, -0.2) is 0 Å². The molecule has 10 saturated heterocycles. The molecule has 0 N–H and O–H groups in total. The Hall–Kier alpha value is -0.591. The summed E-state index contributed by atoms with van der Waals surface area (Å²) in [6.07, 6.45) is 12.3. The van der Waals surface area contributed by atoms with Crippen molar-refractivity contribution in [3.05, 3.63) is 35.4 Å². The summed E-state index contributed by atoms with van der Waals surface area (Å²) in [5.41, 5.74) is 2.58. The van der Waals surface area contributed by atoms with Crippen LogP contribution in [0, 0.1) is 0 Å². The molecule has 0 amide bonds. The second kappa shape index (κ2) is 1.93. The quantitative estimate of drug-likeness (QED) is 0.196. The average molecular weight is 430 g/mol. The van der Waals surface area contributed by atoms with Crippen molar-refractivity contribution in [3.63, 3.8) is 0 Å². The van der Waals surface area contributed by atoms with E-state index in [2.05, 4.69) is 31.2 Å². The SMILES string of the molecule is CCCCCCCCCCc1ccc(C(=O)[C]23[CH]4[CH]5[CH]6[CH]2[Fe]56432789[CH]3[CH]2[CH]7[CH]8[CH]39)cc1. The minimum atomic E-state index is -3.27. The van der Waals surface area contributed by atoms with Gasteiger partial charge in [-0.05, 0) is 0 Å². The molecule has 29 heavy (non-hydrogen) atoms. The summed E-state index contributed by atoms with van der Waals surface area (Å²) < 4.78 is 0.401. The first kappa shape index (κ1) is 14.5. The number of ketones is 1. The predicted molar refractivity (Wildman–Crippen MR) is 114 cm³/mol. The van der Waals surface area contributed by atoms with Crippen LogP contribution in [-0.2, 0) is 12.9 Å². The first-order valence-electron chi connectivity index (χ1n) is 12.8. The van der Waals surface area contributed by atoms with Gasteiger partial charge in [-0.15, -0.1) is 0 Å². The van der Waals surface area contributed by atoms with E-state index in [1.165, 1.54) is 97.1 Å². The van der Waals surface area contributed by atoms with E-state index in [-0.39, 0.29) is 0 Å². The number of fused-ring (bicyclic) bond motifs is 10. The predicted octanol–water partition coefficient (Wildman–Crippen LogP) is 8.31. The van der Waals surface area contributed by atoms with E-state index in [9.17, 15) is 4.79 Å². The van der Waals surface area contributed by atoms with Gasteiger partial charge in [0.05, 0.1) is 0 Å². The van der Waals surface area contributed by atoms with Gasteiger partial charge in [-0.2, -0.15) is 0 Å². The van der Waals surface area contributed by atoms with Crippen molar-refractivity contribution in [2.75, 3.05) is 0 Å². The molecule has 0 saturated carbocycles. The molecule has 1 nitrogen and oxygen atoms in total. The Morgan fingerprint density at radius 3 is 1.72 bits per heavy atom. The van der Waals surface area contributed by atoms with Crippen LogP contribution in [0.5, 0.6) is 0 Å². The Labute approximate surface area is 164 Å². The third-order valence-corrected chi connectivity index (χ3v) is 60.9. The first-order valence-corrected chi connectivity index (χ1v) is 19.1. The van der Waals surface area contributed by atoms with Crippen molar-refractivity contribution in [1.29, 1.82) is 0 Å². The third-order valence-electron chi connectivity index (χ3n) is 18.6. The fraction of sp³-hybridized carbons (Fsp3) is 0.741. The van der Waals surface area contributed by atoms with Crippen molar-refractivity contribution < 1.29 is 11.3 Å². The van der Waals surface area contributed by atoms with Crippen molar-refractivity contribution in [2.24, 2.45) is 0 Å². The van der Waals surface area contributed by atoms with Gasteiger partial charge < -0.3 is 0 Å². The number of carbonyl (C=O) groups is 1. The summed E-state index contributed by atoms with van der Waals surface area (Å²) in [6.45, 7) is -0.981. The minimum absolute atomic E-state index is 0.401. The molecule has 10 fully saturated rings. The summed E-state index contributed by atoms with van der Waals surface area (Å²) in [4.78, 5) is 24.9. The van der Waals surface area contributed by atoms with E-state index in [1.807, 2.05) is 0 Å². The Morgan fingerprint density at radius 2 is 1.28 bits per heavy atom. The van der Waals surface area contributed by atoms with Gasteiger partial charge in [0.2, 0.25) is 0 Å². The second-order valence-corrected chi connectivity index (χ2v) is 38.5. The van der Waals surface area contributed by atoms with Gasteiger partial charge in [0.1, 0.15) is 0 Å². The number of rotatable bonds is 11. The number of carbonyl (C=O) groups excluding carboxylic acids is 1. The van der Waals surface area contributed by atoms with Crippen molar-refractivity contribution >= 4 is 5.78 Å². The van der Waals surface area contributed by atoms with Gasteiger partial charge in [0, 0.05) is 0 Å². The summed E-state index contributed by atoms with van der Waals surface area (Å²) >= 11 is 0. The Balaban J connectivity index is 0.820. The zero-order valence-corrected chi connectivity index (χ0v) is 18.7. The molecule has 10 heterocycles. The van der Waals surface area contributed by atoms with Crippen LogP contribution in [0.3, 0.4) is 0 Å². The van der Waals surface area contributed by atoms with Crippen LogP contribution in [0.2, 0.25) is 47.7 Å². The topological polar surface area (TPSA) is 17.1 Å². The molecule has 10 aliphatic rings. The van der Waals surface area contributed by atoms with Crippen LogP contribution < -0.4 is 0 Å². The maximum atomic E-state index is 14.0. The van der Waals surface area contributed by atoms with Gasteiger partial charge in [-0.3, -0.25) is 0 Å². The number of hydrogen-bond acceptors (Lipinski definition) is 1. The molecule has 0 bridgehead atoms. The fourth-order valence-electron chi connectivity index (χ4n) is 19.3. The zero-order chi connectivity index (χ0) is 18.9. The van der Waals surface area contributed by atoms with E-state index in [4.69, 9.17) is 0 Å². The molecule has 1 spiro atoms. The molecule has 4 atom stereocenters. The average Bonchev–Trinajstić information content (AvgIpc) is 3.68. The Kier molecular flexibility index (Phi) is 0.965.